The summed E-state index contributed by atoms with van der Waals surface area (Å²) in [6.07, 6.45) is 0. The first kappa shape index (κ1) is 17.9. The molecule has 1 aromatic heterocycles. The van der Waals surface area contributed by atoms with Gasteiger partial charge in [-0.25, -0.2) is 8.78 Å². The molecule has 26 heavy (non-hydrogen) atoms. The first-order valence-electron chi connectivity index (χ1n) is 7.77. The number of esters is 1. The van der Waals surface area contributed by atoms with Crippen molar-refractivity contribution in [3.8, 4) is 0 Å². The summed E-state index contributed by atoms with van der Waals surface area (Å²) >= 11 is 1.03. The zero-order valence-electron chi connectivity index (χ0n) is 13.7. The van der Waals surface area contributed by atoms with E-state index in [1.807, 2.05) is 0 Å². The zero-order valence-corrected chi connectivity index (χ0v) is 14.6. The molecule has 0 N–H and O–H groups in total. The molecule has 0 atom stereocenters. The van der Waals surface area contributed by atoms with Gasteiger partial charge in [-0.05, 0) is 37.3 Å². The van der Waals surface area contributed by atoms with E-state index >= 15 is 0 Å². The summed E-state index contributed by atoms with van der Waals surface area (Å²) in [6, 6.07) is 9.51. The third-order valence-corrected chi connectivity index (χ3v) is 4.58. The van der Waals surface area contributed by atoms with Crippen LogP contribution >= 0.6 is 11.3 Å². The maximum Gasteiger partial charge on any atom is 0.326 e. The van der Waals surface area contributed by atoms with Crippen molar-refractivity contribution in [1.29, 1.82) is 0 Å². The molecule has 0 bridgehead atoms. The number of ether oxygens (including phenoxy) is 1. The fourth-order valence-corrected chi connectivity index (χ4v) is 3.46. The van der Waals surface area contributed by atoms with Gasteiger partial charge in [-0.2, -0.15) is 4.99 Å². The molecule has 5 nitrogen and oxygen atoms in total. The molecule has 0 saturated heterocycles. The topological polar surface area (TPSA) is 60.7 Å². The first-order chi connectivity index (χ1) is 12.5. The van der Waals surface area contributed by atoms with Gasteiger partial charge in [0.05, 0.1) is 22.4 Å². The third-order valence-electron chi connectivity index (χ3n) is 3.54. The summed E-state index contributed by atoms with van der Waals surface area (Å²) in [5, 5.41) is 0. The maximum atomic E-state index is 13.8. The van der Waals surface area contributed by atoms with Crippen LogP contribution in [-0.4, -0.2) is 23.1 Å². The maximum absolute atomic E-state index is 13.8. The lowest BCUT2D eigenvalue weighted by atomic mass is 10.2. The Kier molecular flexibility index (Phi) is 5.22. The summed E-state index contributed by atoms with van der Waals surface area (Å²) in [7, 11) is 0. The van der Waals surface area contributed by atoms with E-state index in [-0.39, 0.29) is 23.5 Å². The summed E-state index contributed by atoms with van der Waals surface area (Å²) in [5.74, 6) is -2.44. The van der Waals surface area contributed by atoms with Gasteiger partial charge in [-0.1, -0.05) is 23.5 Å². The Bertz CT molecular complexity index is 1060. The number of rotatable bonds is 4. The molecule has 1 amide bonds. The van der Waals surface area contributed by atoms with E-state index in [4.69, 9.17) is 4.74 Å². The van der Waals surface area contributed by atoms with Crippen molar-refractivity contribution >= 4 is 33.4 Å². The molecule has 8 heteroatoms. The quantitative estimate of drug-likeness (QED) is 0.657. The van der Waals surface area contributed by atoms with Gasteiger partial charge < -0.3 is 9.30 Å². The molecule has 2 aromatic carbocycles. The number of hydrogen-bond donors (Lipinski definition) is 0. The van der Waals surface area contributed by atoms with Gasteiger partial charge in [0.1, 0.15) is 18.2 Å². The smallest absolute Gasteiger partial charge is 0.326 e. The molecule has 0 fully saturated rings. The number of amides is 1. The Labute approximate surface area is 151 Å². The Morgan fingerprint density at radius 2 is 1.96 bits per heavy atom. The number of carbonyl (C=O) groups excluding carboxylic acids is 2. The molecule has 0 aliphatic rings. The monoisotopic (exact) mass is 376 g/mol. The van der Waals surface area contributed by atoms with Crippen molar-refractivity contribution in [3.63, 3.8) is 0 Å². The van der Waals surface area contributed by atoms with Crippen molar-refractivity contribution in [3.05, 3.63) is 64.5 Å². The van der Waals surface area contributed by atoms with Crippen LogP contribution in [-0.2, 0) is 16.1 Å². The van der Waals surface area contributed by atoms with Gasteiger partial charge in [-0.15, -0.1) is 0 Å². The number of nitrogens with zero attached hydrogens (tertiary/aromatic N) is 2. The number of benzene rings is 2. The van der Waals surface area contributed by atoms with Crippen molar-refractivity contribution in [2.45, 2.75) is 13.5 Å². The molecule has 1 heterocycles. The highest BCUT2D eigenvalue weighted by molar-refractivity contribution is 7.16. The van der Waals surface area contributed by atoms with E-state index in [2.05, 4.69) is 4.99 Å². The molecular formula is C18H14F2N2O3S. The van der Waals surface area contributed by atoms with Crippen molar-refractivity contribution in [2.24, 2.45) is 4.99 Å². The molecule has 134 valence electrons. The van der Waals surface area contributed by atoms with Crippen LogP contribution in [0.4, 0.5) is 8.78 Å². The number of fused-ring (bicyclic) bond motifs is 1. The highest BCUT2D eigenvalue weighted by Crippen LogP contribution is 2.19. The third kappa shape index (κ3) is 3.70. The van der Waals surface area contributed by atoms with Gasteiger partial charge in [0.2, 0.25) is 0 Å². The van der Waals surface area contributed by atoms with E-state index in [0.717, 1.165) is 17.4 Å². The van der Waals surface area contributed by atoms with E-state index in [1.165, 1.54) is 41.0 Å². The van der Waals surface area contributed by atoms with Crippen molar-refractivity contribution < 1.29 is 23.1 Å². The normalized spacial score (nSPS) is 11.7. The highest BCUT2D eigenvalue weighted by Gasteiger charge is 2.15. The standard InChI is InChI=1S/C18H14F2N2O3S/c1-2-25-16(23)10-22-14-8-7-11(19)9-15(14)26-18(22)21-17(24)12-5-3-4-6-13(12)20/h3-9H,2,10H2,1H3. The minimum atomic E-state index is -0.785. The van der Waals surface area contributed by atoms with Gasteiger partial charge in [0.15, 0.2) is 4.80 Å². The average Bonchev–Trinajstić information content (AvgIpc) is 2.91. The van der Waals surface area contributed by atoms with E-state index in [9.17, 15) is 18.4 Å². The van der Waals surface area contributed by atoms with Gasteiger partial charge in [-0.3, -0.25) is 9.59 Å². The van der Waals surface area contributed by atoms with Crippen LogP contribution in [0.3, 0.4) is 0 Å². The van der Waals surface area contributed by atoms with E-state index in [0.29, 0.717) is 10.2 Å². The fraction of sp³-hybridized carbons (Fsp3) is 0.167. The first-order valence-corrected chi connectivity index (χ1v) is 8.59. The fourth-order valence-electron chi connectivity index (χ4n) is 2.40. The van der Waals surface area contributed by atoms with Crippen LogP contribution < -0.4 is 4.80 Å². The van der Waals surface area contributed by atoms with E-state index < -0.39 is 23.5 Å². The van der Waals surface area contributed by atoms with E-state index in [1.54, 1.807) is 6.92 Å². The van der Waals surface area contributed by atoms with Crippen LogP contribution in [0.5, 0.6) is 0 Å². The van der Waals surface area contributed by atoms with Crippen molar-refractivity contribution in [1.82, 2.24) is 4.57 Å². The molecule has 0 aliphatic carbocycles. The van der Waals surface area contributed by atoms with Gasteiger partial charge >= 0.3 is 5.97 Å². The Balaban J connectivity index is 2.13. The number of hydrogen-bond acceptors (Lipinski definition) is 4. The van der Waals surface area contributed by atoms with Crippen LogP contribution in [0, 0.1) is 11.6 Å². The number of halogens is 2. The molecule has 0 aliphatic heterocycles. The molecule has 0 saturated carbocycles. The molecular weight excluding hydrogens is 362 g/mol. The lowest BCUT2D eigenvalue weighted by molar-refractivity contribution is -0.143. The molecule has 0 unspecified atom stereocenters. The van der Waals surface area contributed by atoms with Gasteiger partial charge in [0, 0.05) is 0 Å². The van der Waals surface area contributed by atoms with Crippen LogP contribution in [0.2, 0.25) is 0 Å². The number of carbonyl (C=O) groups is 2. The second kappa shape index (κ2) is 7.57. The minimum absolute atomic E-state index is 0.159. The predicted octanol–water partition coefficient (Wildman–Crippen LogP) is 3.29. The van der Waals surface area contributed by atoms with Gasteiger partial charge in [0.25, 0.3) is 5.91 Å². The van der Waals surface area contributed by atoms with Crippen LogP contribution in [0.1, 0.15) is 17.3 Å². The molecule has 3 rings (SSSR count). The summed E-state index contributed by atoms with van der Waals surface area (Å²) in [4.78, 5) is 28.3. The number of thiazole rings is 1. The average molecular weight is 376 g/mol. The zero-order chi connectivity index (χ0) is 18.7. The van der Waals surface area contributed by atoms with Crippen molar-refractivity contribution in [2.75, 3.05) is 6.61 Å². The summed E-state index contributed by atoms with van der Waals surface area (Å²) in [5.41, 5.74) is 0.350. The SMILES string of the molecule is CCOC(=O)Cn1c(=NC(=O)c2ccccc2F)sc2cc(F)ccc21. The summed E-state index contributed by atoms with van der Waals surface area (Å²) < 4.78 is 34.2. The lowest BCUT2D eigenvalue weighted by Gasteiger charge is -2.05. The molecule has 0 radical (unpaired) electrons. The number of aromatic nitrogens is 1. The minimum Gasteiger partial charge on any atom is -0.465 e. The largest absolute Gasteiger partial charge is 0.465 e. The Morgan fingerprint density at radius 3 is 2.69 bits per heavy atom. The second-order valence-corrected chi connectivity index (χ2v) is 6.29. The van der Waals surface area contributed by atoms with Crippen LogP contribution in [0.25, 0.3) is 10.2 Å². The Morgan fingerprint density at radius 1 is 1.19 bits per heavy atom. The lowest BCUT2D eigenvalue weighted by Crippen LogP contribution is -2.23. The highest BCUT2D eigenvalue weighted by atomic mass is 32.1. The molecule has 3 aromatic rings. The van der Waals surface area contributed by atoms with Crippen LogP contribution in [0.15, 0.2) is 47.5 Å². The predicted molar refractivity (Wildman–Crippen MR) is 92.7 cm³/mol. The summed E-state index contributed by atoms with van der Waals surface area (Å²) in [6.45, 7) is 1.69. The second-order valence-electron chi connectivity index (χ2n) is 5.28. The molecule has 0 spiro atoms. The Hall–Kier alpha value is -2.87.